The highest BCUT2D eigenvalue weighted by molar-refractivity contribution is 8.27. The first-order valence-electron chi connectivity index (χ1n) is 10.7. The summed E-state index contributed by atoms with van der Waals surface area (Å²) in [6.07, 6.45) is 2.65. The minimum atomic E-state index is -0.497. The molecule has 8 nitrogen and oxygen atoms in total. The lowest BCUT2D eigenvalue weighted by molar-refractivity contribution is -0.141. The summed E-state index contributed by atoms with van der Waals surface area (Å²) in [5.41, 5.74) is 5.28. The molecule has 0 aliphatic carbocycles. The van der Waals surface area contributed by atoms with E-state index in [2.05, 4.69) is 45.9 Å². The van der Waals surface area contributed by atoms with Crippen molar-refractivity contribution in [2.75, 3.05) is 6.61 Å². The molecule has 3 heterocycles. The lowest BCUT2D eigenvalue weighted by atomic mass is 10.1. The highest BCUT2D eigenvalue weighted by atomic mass is 32.2. The zero-order valence-electron chi connectivity index (χ0n) is 19.0. The van der Waals surface area contributed by atoms with E-state index in [1.54, 1.807) is 13.0 Å². The zero-order chi connectivity index (χ0) is 23.7. The summed E-state index contributed by atoms with van der Waals surface area (Å²) in [6, 6.07) is 10.4. The lowest BCUT2D eigenvalue weighted by Crippen LogP contribution is -2.35. The summed E-state index contributed by atoms with van der Waals surface area (Å²) in [5.74, 6) is -0.964. The number of amides is 1. The first-order chi connectivity index (χ1) is 15.8. The molecule has 0 unspecified atom stereocenters. The maximum atomic E-state index is 12.7. The van der Waals surface area contributed by atoms with Crippen molar-refractivity contribution in [2.24, 2.45) is 10.1 Å². The van der Waals surface area contributed by atoms with Gasteiger partial charge in [-0.3, -0.25) is 15.0 Å². The molecule has 0 saturated heterocycles. The molecule has 2 aliphatic heterocycles. The van der Waals surface area contributed by atoms with Crippen molar-refractivity contribution >= 4 is 45.8 Å². The Bertz CT molecular complexity index is 1240. The number of carbonyl (C=O) groups excluding carboxylic acids is 2. The molecule has 0 atom stereocenters. The Morgan fingerprint density at radius 3 is 2.61 bits per heavy atom. The number of hydrogen-bond donors (Lipinski definition) is 1. The molecule has 1 aromatic carbocycles. The van der Waals surface area contributed by atoms with Gasteiger partial charge in [0.15, 0.2) is 5.84 Å². The number of ether oxygens (including phenoxy) is 1. The fraction of sp³-hybridized carbons (Fsp3) is 0.292. The molecule has 9 heteroatoms. The first kappa shape index (κ1) is 22.7. The number of esters is 1. The standard InChI is InChI=1S/C24H25N5O3S/c1-5-16-7-9-18(10-8-16)28-14(3)11-17(15(28)4)12-19-22(25)29-24(26-23(19)31)33-20(27-29)13-21(30)32-6-2/h7-12,25H,5-6,13H2,1-4H3/b19-12-,25-22?. The van der Waals surface area contributed by atoms with E-state index in [4.69, 9.17) is 10.1 Å². The van der Waals surface area contributed by atoms with Gasteiger partial charge in [-0.25, -0.2) is 0 Å². The largest absolute Gasteiger partial charge is 0.466 e. The molecule has 1 N–H and O–H groups in total. The van der Waals surface area contributed by atoms with E-state index in [1.807, 2.05) is 19.9 Å². The molecule has 0 bridgehead atoms. The normalized spacial score (nSPS) is 16.7. The number of thioether (sulfide) groups is 1. The van der Waals surface area contributed by atoms with Gasteiger partial charge >= 0.3 is 5.97 Å². The van der Waals surface area contributed by atoms with Crippen LogP contribution in [0.15, 0.2) is 46.0 Å². The predicted molar refractivity (Wildman–Crippen MR) is 131 cm³/mol. The SMILES string of the molecule is CCOC(=O)CC1=NN2C(=N)/C(=C/c3cc(C)n(-c4ccc(CC)cc4)c3C)C(=O)N=C2S1. The van der Waals surface area contributed by atoms with Crippen molar-refractivity contribution in [3.05, 3.63) is 58.4 Å². The third kappa shape index (κ3) is 4.41. The number of nitrogens with zero attached hydrogens (tertiary/aromatic N) is 4. The fourth-order valence-corrected chi connectivity index (χ4v) is 4.68. The summed E-state index contributed by atoms with van der Waals surface area (Å²) >= 11 is 1.11. The summed E-state index contributed by atoms with van der Waals surface area (Å²) in [6.45, 7) is 8.13. The summed E-state index contributed by atoms with van der Waals surface area (Å²) in [4.78, 5) is 28.6. The van der Waals surface area contributed by atoms with E-state index < -0.39 is 11.9 Å². The van der Waals surface area contributed by atoms with Gasteiger partial charge in [-0.1, -0.05) is 19.1 Å². The molecule has 2 aliphatic rings. The van der Waals surface area contributed by atoms with Gasteiger partial charge < -0.3 is 9.30 Å². The van der Waals surface area contributed by atoms with Crippen molar-refractivity contribution < 1.29 is 14.3 Å². The number of aryl methyl sites for hydroxylation is 2. The second-order valence-electron chi connectivity index (χ2n) is 7.68. The molecule has 170 valence electrons. The number of nitrogens with one attached hydrogen (secondary N) is 1. The van der Waals surface area contributed by atoms with Crippen LogP contribution >= 0.6 is 11.8 Å². The molecule has 0 radical (unpaired) electrons. The van der Waals surface area contributed by atoms with Crippen LogP contribution in [-0.2, 0) is 20.7 Å². The van der Waals surface area contributed by atoms with E-state index in [1.165, 1.54) is 10.6 Å². The fourth-order valence-electron chi connectivity index (χ4n) is 3.81. The number of rotatable bonds is 6. The van der Waals surface area contributed by atoms with Crippen LogP contribution < -0.4 is 0 Å². The second-order valence-corrected chi connectivity index (χ2v) is 8.72. The maximum absolute atomic E-state index is 12.7. The first-order valence-corrected chi connectivity index (χ1v) is 11.6. The molecule has 0 fully saturated rings. The van der Waals surface area contributed by atoms with Crippen LogP contribution in [0.1, 0.15) is 42.8 Å². The number of aliphatic imine (C=N–C) groups is 1. The quantitative estimate of drug-likeness (QED) is 0.510. The molecule has 4 rings (SSSR count). The minimum Gasteiger partial charge on any atom is -0.466 e. The number of carbonyl (C=O) groups is 2. The van der Waals surface area contributed by atoms with Crippen molar-refractivity contribution in [1.82, 2.24) is 9.58 Å². The Kier molecular flexibility index (Phi) is 6.33. The Morgan fingerprint density at radius 1 is 1.21 bits per heavy atom. The average Bonchev–Trinajstić information content (AvgIpc) is 3.30. The van der Waals surface area contributed by atoms with Gasteiger partial charge in [0, 0.05) is 17.1 Å². The second kappa shape index (κ2) is 9.19. The van der Waals surface area contributed by atoms with E-state index in [-0.39, 0.29) is 29.6 Å². The Morgan fingerprint density at radius 2 is 1.94 bits per heavy atom. The molecule has 2 aromatic rings. The number of fused-ring (bicyclic) bond motifs is 1. The summed E-state index contributed by atoms with van der Waals surface area (Å²) in [7, 11) is 0. The molecule has 1 aromatic heterocycles. The van der Waals surface area contributed by atoms with Gasteiger partial charge in [-0.05, 0) is 74.4 Å². The number of benzene rings is 1. The van der Waals surface area contributed by atoms with Crippen LogP contribution in [0.25, 0.3) is 11.8 Å². The maximum Gasteiger partial charge on any atom is 0.312 e. The molecule has 1 amide bonds. The number of amidine groups is 2. The van der Waals surface area contributed by atoms with Gasteiger partial charge in [0.2, 0.25) is 5.17 Å². The van der Waals surface area contributed by atoms with Gasteiger partial charge in [0.1, 0.15) is 5.04 Å². The van der Waals surface area contributed by atoms with Crippen molar-refractivity contribution in [3.63, 3.8) is 0 Å². The van der Waals surface area contributed by atoms with E-state index in [9.17, 15) is 9.59 Å². The smallest absolute Gasteiger partial charge is 0.312 e. The van der Waals surface area contributed by atoms with Crippen molar-refractivity contribution in [1.29, 1.82) is 5.41 Å². The monoisotopic (exact) mass is 463 g/mol. The van der Waals surface area contributed by atoms with E-state index in [0.717, 1.165) is 40.8 Å². The number of aromatic nitrogens is 1. The predicted octanol–water partition coefficient (Wildman–Crippen LogP) is 4.23. The molecular weight excluding hydrogens is 438 g/mol. The Hall–Kier alpha value is -3.46. The lowest BCUT2D eigenvalue weighted by Gasteiger charge is -2.20. The third-order valence-electron chi connectivity index (χ3n) is 5.47. The van der Waals surface area contributed by atoms with Gasteiger partial charge in [-0.2, -0.15) is 15.1 Å². The Balaban J connectivity index is 1.64. The molecule has 33 heavy (non-hydrogen) atoms. The van der Waals surface area contributed by atoms with Crippen molar-refractivity contribution in [3.8, 4) is 5.69 Å². The van der Waals surface area contributed by atoms with Crippen LogP contribution in [0.3, 0.4) is 0 Å². The molecular formula is C24H25N5O3S. The van der Waals surface area contributed by atoms with Gasteiger partial charge in [0.05, 0.1) is 18.6 Å². The van der Waals surface area contributed by atoms with Crippen LogP contribution in [0.2, 0.25) is 0 Å². The van der Waals surface area contributed by atoms with Crippen molar-refractivity contribution in [2.45, 2.75) is 40.5 Å². The van der Waals surface area contributed by atoms with E-state index in [0.29, 0.717) is 5.04 Å². The topological polar surface area (TPSA) is 100 Å². The van der Waals surface area contributed by atoms with Gasteiger partial charge in [0.25, 0.3) is 5.91 Å². The Labute approximate surface area is 196 Å². The molecule has 0 spiro atoms. The minimum absolute atomic E-state index is 0.0213. The highest BCUT2D eigenvalue weighted by Crippen LogP contribution is 2.30. The van der Waals surface area contributed by atoms with Crippen LogP contribution in [0.5, 0.6) is 0 Å². The summed E-state index contributed by atoms with van der Waals surface area (Å²) in [5, 5.41) is 14.9. The summed E-state index contributed by atoms with van der Waals surface area (Å²) < 4.78 is 7.08. The van der Waals surface area contributed by atoms with Crippen LogP contribution in [0, 0.1) is 19.3 Å². The van der Waals surface area contributed by atoms with Crippen LogP contribution in [0.4, 0.5) is 0 Å². The number of hydrogen-bond acceptors (Lipinski definition) is 6. The van der Waals surface area contributed by atoms with Gasteiger partial charge in [-0.15, -0.1) is 0 Å². The third-order valence-corrected chi connectivity index (χ3v) is 6.38. The highest BCUT2D eigenvalue weighted by Gasteiger charge is 2.36. The average molecular weight is 464 g/mol. The van der Waals surface area contributed by atoms with Crippen LogP contribution in [-0.4, -0.2) is 44.1 Å². The zero-order valence-corrected chi connectivity index (χ0v) is 19.8. The molecule has 0 saturated carbocycles. The number of hydrazone groups is 1. The van der Waals surface area contributed by atoms with E-state index >= 15 is 0 Å².